The number of furan rings is 1. The summed E-state index contributed by atoms with van der Waals surface area (Å²) in [7, 11) is -3.77. The van der Waals surface area contributed by atoms with Crippen molar-refractivity contribution in [1.82, 2.24) is 10.0 Å². The highest BCUT2D eigenvalue weighted by Gasteiger charge is 2.26. The van der Waals surface area contributed by atoms with E-state index in [1.54, 1.807) is 20.8 Å². The molecule has 0 atom stereocenters. The Morgan fingerprint density at radius 1 is 1.04 bits per heavy atom. The molecule has 0 aliphatic heterocycles. The van der Waals surface area contributed by atoms with Crippen LogP contribution in [0.3, 0.4) is 0 Å². The first kappa shape index (κ1) is 21.7. The lowest BCUT2D eigenvalue weighted by molar-refractivity contribution is 0.0920. The Kier molecular flexibility index (Phi) is 8.65. The first-order chi connectivity index (χ1) is 11.7. The van der Waals surface area contributed by atoms with Crippen molar-refractivity contribution in [3.63, 3.8) is 0 Å². The fraction of sp³-hybridized carbons (Fsp3) is 0.722. The minimum atomic E-state index is -3.77. The van der Waals surface area contributed by atoms with Crippen LogP contribution in [0.4, 0.5) is 0 Å². The summed E-state index contributed by atoms with van der Waals surface area (Å²) in [5.74, 6) is -0.375. The van der Waals surface area contributed by atoms with Gasteiger partial charge in [0.05, 0.1) is 0 Å². The first-order valence-electron chi connectivity index (χ1n) is 9.08. The number of hydrogen-bond acceptors (Lipinski definition) is 4. The lowest BCUT2D eigenvalue weighted by Gasteiger charge is -2.18. The normalized spacial score (nSPS) is 12.3. The molecule has 0 spiro atoms. The third kappa shape index (κ3) is 8.54. The molecule has 0 aromatic carbocycles. The Morgan fingerprint density at radius 2 is 1.64 bits per heavy atom. The van der Waals surface area contributed by atoms with Crippen molar-refractivity contribution in [2.75, 3.05) is 6.54 Å². The van der Waals surface area contributed by atoms with Gasteiger partial charge in [-0.1, -0.05) is 45.4 Å². The van der Waals surface area contributed by atoms with Crippen LogP contribution in [0.5, 0.6) is 0 Å². The minimum Gasteiger partial charge on any atom is -0.438 e. The number of unbranched alkanes of at least 4 members (excludes halogenated alkanes) is 6. The lowest BCUT2D eigenvalue weighted by Crippen LogP contribution is -2.40. The van der Waals surface area contributed by atoms with Crippen LogP contribution in [0.2, 0.25) is 0 Å². The van der Waals surface area contributed by atoms with Gasteiger partial charge in [0.15, 0.2) is 5.76 Å². The molecule has 0 aliphatic rings. The maximum absolute atomic E-state index is 12.2. The Morgan fingerprint density at radius 3 is 2.24 bits per heavy atom. The number of carbonyl (C=O) groups is 1. The molecule has 0 fully saturated rings. The summed E-state index contributed by atoms with van der Waals surface area (Å²) in [4.78, 5) is 12.0. The number of amides is 1. The van der Waals surface area contributed by atoms with Gasteiger partial charge < -0.3 is 9.73 Å². The second-order valence-corrected chi connectivity index (χ2v) is 8.96. The summed E-state index contributed by atoms with van der Waals surface area (Å²) < 4.78 is 32.0. The number of rotatable bonds is 11. The molecule has 0 radical (unpaired) electrons. The predicted molar refractivity (Wildman–Crippen MR) is 99.1 cm³/mol. The molecule has 2 N–H and O–H groups in total. The molecule has 0 saturated carbocycles. The Balaban J connectivity index is 2.39. The van der Waals surface area contributed by atoms with Crippen molar-refractivity contribution in [3.8, 4) is 0 Å². The smallest absolute Gasteiger partial charge is 0.287 e. The Bertz CT molecular complexity index is 630. The summed E-state index contributed by atoms with van der Waals surface area (Å²) >= 11 is 0. The third-order valence-electron chi connectivity index (χ3n) is 3.58. The number of nitrogens with one attached hydrogen (secondary N) is 2. The van der Waals surface area contributed by atoms with Gasteiger partial charge in [0.1, 0.15) is 0 Å². The van der Waals surface area contributed by atoms with Crippen LogP contribution >= 0.6 is 0 Å². The average molecular weight is 373 g/mol. The molecule has 0 bridgehead atoms. The van der Waals surface area contributed by atoms with Crippen molar-refractivity contribution in [2.24, 2.45) is 0 Å². The zero-order valence-electron chi connectivity index (χ0n) is 15.9. The van der Waals surface area contributed by atoms with Gasteiger partial charge in [-0.05, 0) is 39.3 Å². The lowest BCUT2D eigenvalue weighted by atomic mass is 10.1. The summed E-state index contributed by atoms with van der Waals surface area (Å²) in [6.45, 7) is 7.98. The van der Waals surface area contributed by atoms with Crippen LogP contribution in [0.15, 0.2) is 21.6 Å². The molecule has 1 heterocycles. The van der Waals surface area contributed by atoms with Crippen molar-refractivity contribution in [1.29, 1.82) is 0 Å². The molecular formula is C18H32N2O4S. The molecule has 0 unspecified atom stereocenters. The topological polar surface area (TPSA) is 88.4 Å². The highest BCUT2D eigenvalue weighted by Crippen LogP contribution is 2.16. The standard InChI is InChI=1S/C18H32N2O4S/c1-5-6-7-8-9-10-11-14-19-17(21)15-12-13-16(24-15)25(22,23)20-18(2,3)4/h12-13,20H,5-11,14H2,1-4H3,(H,19,21). The fourth-order valence-corrected chi connectivity index (χ4v) is 3.76. The first-order valence-corrected chi connectivity index (χ1v) is 10.6. The van der Waals surface area contributed by atoms with Gasteiger partial charge in [0.2, 0.25) is 5.09 Å². The van der Waals surface area contributed by atoms with E-state index in [4.69, 9.17) is 4.42 Å². The Labute approximate surface area is 151 Å². The molecule has 144 valence electrons. The van der Waals surface area contributed by atoms with E-state index < -0.39 is 15.6 Å². The van der Waals surface area contributed by atoms with Gasteiger partial charge >= 0.3 is 0 Å². The number of hydrogen-bond donors (Lipinski definition) is 2. The minimum absolute atomic E-state index is 0.0113. The Hall–Kier alpha value is -1.34. The van der Waals surface area contributed by atoms with E-state index >= 15 is 0 Å². The van der Waals surface area contributed by atoms with Crippen molar-refractivity contribution < 1.29 is 17.6 Å². The molecule has 1 aromatic heterocycles. The van der Waals surface area contributed by atoms with Gasteiger partial charge in [0, 0.05) is 12.1 Å². The van der Waals surface area contributed by atoms with Crippen molar-refractivity contribution >= 4 is 15.9 Å². The fourth-order valence-electron chi connectivity index (χ4n) is 2.41. The van der Waals surface area contributed by atoms with E-state index in [-0.39, 0.29) is 16.8 Å². The molecule has 25 heavy (non-hydrogen) atoms. The van der Waals surface area contributed by atoms with E-state index in [9.17, 15) is 13.2 Å². The third-order valence-corrected chi connectivity index (χ3v) is 5.21. The van der Waals surface area contributed by atoms with Gasteiger partial charge in [-0.3, -0.25) is 4.79 Å². The summed E-state index contributed by atoms with van der Waals surface area (Å²) in [5.41, 5.74) is -0.620. The van der Waals surface area contributed by atoms with Crippen molar-refractivity contribution in [3.05, 3.63) is 17.9 Å². The second-order valence-electron chi connectivity index (χ2n) is 7.35. The number of carbonyl (C=O) groups excluding carboxylic acids is 1. The maximum atomic E-state index is 12.2. The molecule has 7 heteroatoms. The number of sulfonamides is 1. The van der Waals surface area contributed by atoms with Gasteiger partial charge in [0.25, 0.3) is 15.9 Å². The highest BCUT2D eigenvalue weighted by molar-refractivity contribution is 7.89. The molecule has 1 aromatic rings. The van der Waals surface area contributed by atoms with Gasteiger partial charge in [-0.25, -0.2) is 13.1 Å². The monoisotopic (exact) mass is 372 g/mol. The predicted octanol–water partition coefficient (Wildman–Crippen LogP) is 3.84. The van der Waals surface area contributed by atoms with Crippen LogP contribution in [-0.2, 0) is 10.0 Å². The maximum Gasteiger partial charge on any atom is 0.287 e. The quantitative estimate of drug-likeness (QED) is 0.578. The zero-order chi connectivity index (χ0) is 18.9. The van der Waals surface area contributed by atoms with E-state index in [0.717, 1.165) is 12.8 Å². The summed E-state index contributed by atoms with van der Waals surface area (Å²) in [6.07, 6.45) is 8.20. The van der Waals surface area contributed by atoms with Crippen molar-refractivity contribution in [2.45, 2.75) is 83.3 Å². The van der Waals surface area contributed by atoms with Gasteiger partial charge in [-0.2, -0.15) is 0 Å². The zero-order valence-corrected chi connectivity index (χ0v) is 16.7. The van der Waals surface area contributed by atoms with E-state index in [1.807, 2.05) is 0 Å². The van der Waals surface area contributed by atoms with Crippen LogP contribution in [-0.4, -0.2) is 26.4 Å². The highest BCUT2D eigenvalue weighted by atomic mass is 32.2. The van der Waals surface area contributed by atoms with E-state index in [0.29, 0.717) is 6.54 Å². The molecule has 1 amide bonds. The van der Waals surface area contributed by atoms with E-state index in [2.05, 4.69) is 17.0 Å². The largest absolute Gasteiger partial charge is 0.438 e. The summed E-state index contributed by atoms with van der Waals surface area (Å²) in [5, 5.41) is 2.52. The van der Waals surface area contributed by atoms with Crippen LogP contribution in [0.25, 0.3) is 0 Å². The molecule has 0 aliphatic carbocycles. The molecule has 6 nitrogen and oxygen atoms in total. The molecule has 1 rings (SSSR count). The molecular weight excluding hydrogens is 340 g/mol. The molecule has 0 saturated heterocycles. The van der Waals surface area contributed by atoms with E-state index in [1.165, 1.54) is 44.2 Å². The average Bonchev–Trinajstić information content (AvgIpc) is 2.98. The second kappa shape index (κ2) is 9.97. The SMILES string of the molecule is CCCCCCCCCNC(=O)c1ccc(S(=O)(=O)NC(C)(C)C)o1. The van der Waals surface area contributed by atoms with Crippen LogP contribution in [0.1, 0.15) is 83.2 Å². The summed E-state index contributed by atoms with van der Waals surface area (Å²) in [6, 6.07) is 2.69. The van der Waals surface area contributed by atoms with Crippen LogP contribution in [0, 0.1) is 0 Å². The van der Waals surface area contributed by atoms with Crippen LogP contribution < -0.4 is 10.0 Å². The van der Waals surface area contributed by atoms with Gasteiger partial charge in [-0.15, -0.1) is 0 Å².